The van der Waals surface area contributed by atoms with Crippen molar-refractivity contribution in [3.63, 3.8) is 0 Å². The van der Waals surface area contributed by atoms with Gasteiger partial charge in [-0.1, -0.05) is 11.2 Å². The molecule has 0 saturated carbocycles. The lowest BCUT2D eigenvalue weighted by molar-refractivity contribution is -0.192. The number of alkyl halides is 3. The normalized spacial score (nSPS) is 12.4. The van der Waals surface area contributed by atoms with Gasteiger partial charge in [0.25, 0.3) is 0 Å². The Morgan fingerprint density at radius 1 is 1.32 bits per heavy atom. The third-order valence-corrected chi connectivity index (χ3v) is 3.28. The molecule has 0 spiro atoms. The summed E-state index contributed by atoms with van der Waals surface area (Å²) in [5.74, 6) is -1.62. The Kier molecular flexibility index (Phi) is 6.69. The highest BCUT2D eigenvalue weighted by Crippen LogP contribution is 2.28. The molecule has 1 aliphatic heterocycles. The molecule has 2 aromatic rings. The van der Waals surface area contributed by atoms with Gasteiger partial charge in [0.2, 0.25) is 5.88 Å². The maximum atomic E-state index is 11.7. The number of aryl methyl sites for hydroxylation is 1. The fourth-order valence-corrected chi connectivity index (χ4v) is 2.05. The van der Waals surface area contributed by atoms with E-state index in [1.807, 2.05) is 18.2 Å². The largest absolute Gasteiger partial charge is 0.490 e. The Bertz CT molecular complexity index is 838. The third-order valence-electron chi connectivity index (χ3n) is 3.28. The van der Waals surface area contributed by atoms with Crippen LogP contribution in [0.5, 0.6) is 5.75 Å². The van der Waals surface area contributed by atoms with E-state index in [1.165, 1.54) is 0 Å². The summed E-state index contributed by atoms with van der Waals surface area (Å²) in [6.07, 6.45) is -5.08. The monoisotopic (exact) mass is 402 g/mol. The minimum Gasteiger partial charge on any atom is -0.490 e. The highest BCUT2D eigenvalue weighted by molar-refractivity contribution is 5.87. The number of rotatable bonds is 3. The number of nitrogens with one attached hydrogen (secondary N) is 3. The molecule has 1 aliphatic rings. The minimum atomic E-state index is -5.08. The van der Waals surface area contributed by atoms with Crippen molar-refractivity contribution in [3.05, 3.63) is 35.5 Å². The Balaban J connectivity index is 0.000000345. The minimum absolute atomic E-state index is 0.322. The van der Waals surface area contributed by atoms with E-state index in [4.69, 9.17) is 19.2 Å². The Labute approximate surface area is 156 Å². The summed E-state index contributed by atoms with van der Waals surface area (Å²) in [4.78, 5) is 20.6. The van der Waals surface area contributed by atoms with Gasteiger partial charge < -0.3 is 25.0 Å². The number of carboxylic acids is 1. The van der Waals surface area contributed by atoms with Gasteiger partial charge in [-0.15, -0.1) is 0 Å². The van der Waals surface area contributed by atoms with E-state index in [0.29, 0.717) is 24.7 Å². The molecular weight excluding hydrogens is 385 g/mol. The summed E-state index contributed by atoms with van der Waals surface area (Å²) < 4.78 is 42.2. The van der Waals surface area contributed by atoms with Crippen molar-refractivity contribution in [1.29, 1.82) is 0 Å². The zero-order valence-electron chi connectivity index (χ0n) is 14.6. The van der Waals surface area contributed by atoms with Gasteiger partial charge in [0.15, 0.2) is 0 Å². The van der Waals surface area contributed by atoms with Crippen LogP contribution in [0.3, 0.4) is 0 Å². The number of nitrogens with zero attached hydrogens (tertiary/aromatic N) is 1. The van der Waals surface area contributed by atoms with Gasteiger partial charge in [-0.05, 0) is 24.6 Å². The number of carboxylic acid groups (broad SMARTS) is 1. The molecule has 9 nitrogen and oxygen atoms in total. The summed E-state index contributed by atoms with van der Waals surface area (Å²) in [7, 11) is 0. The van der Waals surface area contributed by atoms with E-state index in [9.17, 15) is 18.0 Å². The van der Waals surface area contributed by atoms with Gasteiger partial charge >= 0.3 is 18.2 Å². The number of carbonyl (C=O) groups is 2. The number of anilines is 2. The van der Waals surface area contributed by atoms with Crippen molar-refractivity contribution in [2.24, 2.45) is 0 Å². The molecule has 0 saturated heterocycles. The Morgan fingerprint density at radius 2 is 2.04 bits per heavy atom. The van der Waals surface area contributed by atoms with Crippen LogP contribution in [-0.2, 0) is 11.3 Å². The molecule has 3 rings (SSSR count). The molecule has 2 heterocycles. The van der Waals surface area contributed by atoms with Crippen LogP contribution in [0, 0.1) is 6.92 Å². The fourth-order valence-electron chi connectivity index (χ4n) is 2.05. The number of carbonyl (C=O) groups excluding carboxylic acids is 1. The molecule has 28 heavy (non-hydrogen) atoms. The first-order valence-electron chi connectivity index (χ1n) is 7.93. The number of benzene rings is 1. The van der Waals surface area contributed by atoms with Crippen molar-refractivity contribution in [1.82, 2.24) is 10.5 Å². The van der Waals surface area contributed by atoms with Gasteiger partial charge in [-0.2, -0.15) is 13.2 Å². The molecule has 0 bridgehead atoms. The van der Waals surface area contributed by atoms with Gasteiger partial charge in [-0.3, -0.25) is 5.32 Å². The van der Waals surface area contributed by atoms with Gasteiger partial charge in [0.05, 0.1) is 11.4 Å². The number of urea groups is 1. The van der Waals surface area contributed by atoms with Crippen LogP contribution in [0.4, 0.5) is 29.5 Å². The number of hydrogen-bond donors (Lipinski definition) is 4. The van der Waals surface area contributed by atoms with Crippen molar-refractivity contribution < 1.29 is 37.1 Å². The van der Waals surface area contributed by atoms with E-state index in [1.54, 1.807) is 13.0 Å². The van der Waals surface area contributed by atoms with E-state index in [-0.39, 0.29) is 6.03 Å². The van der Waals surface area contributed by atoms with Gasteiger partial charge in [0, 0.05) is 19.2 Å². The lowest BCUT2D eigenvalue weighted by atomic mass is 10.1. The van der Waals surface area contributed by atoms with Crippen molar-refractivity contribution >= 4 is 23.6 Å². The molecule has 12 heteroatoms. The quantitative estimate of drug-likeness (QED) is 0.622. The van der Waals surface area contributed by atoms with Gasteiger partial charge in [-0.25, -0.2) is 9.59 Å². The zero-order valence-corrected chi connectivity index (χ0v) is 14.6. The SMILES string of the molecule is Cc1cc(NC(=O)NCc2ccc3c(c2)OCCN3)on1.O=C(O)C(F)(F)F. The highest BCUT2D eigenvalue weighted by atomic mass is 19.4. The van der Waals surface area contributed by atoms with Crippen LogP contribution in [0.1, 0.15) is 11.3 Å². The number of amides is 2. The predicted octanol–water partition coefficient (Wildman–Crippen LogP) is 2.74. The Hall–Kier alpha value is -3.44. The van der Waals surface area contributed by atoms with Crippen LogP contribution in [-0.4, -0.2) is 41.6 Å². The van der Waals surface area contributed by atoms with E-state index >= 15 is 0 Å². The summed E-state index contributed by atoms with van der Waals surface area (Å²) in [5.41, 5.74) is 2.65. The third kappa shape index (κ3) is 6.37. The number of aromatic nitrogens is 1. The van der Waals surface area contributed by atoms with Crippen LogP contribution in [0.25, 0.3) is 0 Å². The van der Waals surface area contributed by atoms with E-state index < -0.39 is 12.1 Å². The molecule has 2 amide bonds. The predicted molar refractivity (Wildman–Crippen MR) is 91.2 cm³/mol. The summed E-state index contributed by atoms with van der Waals surface area (Å²) >= 11 is 0. The zero-order chi connectivity index (χ0) is 20.7. The van der Waals surface area contributed by atoms with Crippen LogP contribution >= 0.6 is 0 Å². The second-order valence-corrected chi connectivity index (χ2v) is 5.55. The first-order valence-corrected chi connectivity index (χ1v) is 7.93. The fraction of sp³-hybridized carbons (Fsp3) is 0.312. The van der Waals surface area contributed by atoms with Crippen LogP contribution in [0.2, 0.25) is 0 Å². The molecule has 1 aromatic carbocycles. The highest BCUT2D eigenvalue weighted by Gasteiger charge is 2.38. The summed E-state index contributed by atoms with van der Waals surface area (Å²) in [6.45, 7) is 3.64. The van der Waals surface area contributed by atoms with E-state index in [2.05, 4.69) is 21.1 Å². The molecule has 4 N–H and O–H groups in total. The average Bonchev–Trinajstić information content (AvgIpc) is 3.04. The van der Waals surface area contributed by atoms with E-state index in [0.717, 1.165) is 23.5 Å². The Morgan fingerprint density at radius 3 is 2.64 bits per heavy atom. The van der Waals surface area contributed by atoms with Crippen molar-refractivity contribution in [2.45, 2.75) is 19.6 Å². The van der Waals surface area contributed by atoms with Crippen LogP contribution in [0.15, 0.2) is 28.8 Å². The average molecular weight is 402 g/mol. The number of aliphatic carboxylic acids is 1. The molecule has 0 aliphatic carbocycles. The molecule has 1 aromatic heterocycles. The molecule has 0 fully saturated rings. The lowest BCUT2D eigenvalue weighted by Gasteiger charge is -2.19. The smallest absolute Gasteiger partial charge is 0.490 e. The van der Waals surface area contributed by atoms with Crippen molar-refractivity contribution in [3.8, 4) is 5.75 Å². The molecule has 0 atom stereocenters. The second kappa shape index (κ2) is 8.97. The number of halogens is 3. The first kappa shape index (κ1) is 20.9. The standard InChI is InChI=1S/C14H16N4O3.C2HF3O2/c1-9-6-13(21-18-9)17-14(19)16-8-10-2-3-11-12(7-10)20-5-4-15-11;3-2(4,5)1(6)7/h2-3,6-7,15H,4-5,8H2,1H3,(H2,16,17,19);(H,6,7). The van der Waals surface area contributed by atoms with Crippen LogP contribution < -0.4 is 20.7 Å². The number of hydrogen-bond acceptors (Lipinski definition) is 6. The molecule has 0 unspecified atom stereocenters. The summed E-state index contributed by atoms with van der Waals surface area (Å²) in [6, 6.07) is 7.11. The topological polar surface area (TPSA) is 126 Å². The number of ether oxygens (including phenoxy) is 1. The number of fused-ring (bicyclic) bond motifs is 1. The molecule has 0 radical (unpaired) electrons. The first-order chi connectivity index (χ1) is 13.1. The van der Waals surface area contributed by atoms with Gasteiger partial charge in [0.1, 0.15) is 12.4 Å². The lowest BCUT2D eigenvalue weighted by Crippen LogP contribution is -2.28. The molecule has 152 valence electrons. The maximum Gasteiger partial charge on any atom is 0.490 e. The maximum absolute atomic E-state index is 11.7. The second-order valence-electron chi connectivity index (χ2n) is 5.55. The van der Waals surface area contributed by atoms with Crippen molar-refractivity contribution in [2.75, 3.05) is 23.8 Å². The summed E-state index contributed by atoms with van der Waals surface area (Å²) in [5, 5.41) is 19.4. The molecular formula is C16H17F3N4O5.